The molecule has 0 radical (unpaired) electrons. The van der Waals surface area contributed by atoms with Gasteiger partial charge in [-0.15, -0.1) is 16.9 Å². The van der Waals surface area contributed by atoms with Crippen LogP contribution in [0.3, 0.4) is 0 Å². The van der Waals surface area contributed by atoms with E-state index in [1.807, 2.05) is 0 Å². The molecule has 0 unspecified atom stereocenters. The van der Waals surface area contributed by atoms with Gasteiger partial charge < -0.3 is 10.2 Å². The number of β-lactam (4-membered cyclic amide) rings is 1. The maximum Gasteiger partial charge on any atom is 0.352 e. The summed E-state index contributed by atoms with van der Waals surface area (Å²) in [5.74, 6) is -0.926. The lowest BCUT2D eigenvalue weighted by molar-refractivity contribution is -0.159. The number of carbonyl (C=O) groups is 2. The van der Waals surface area contributed by atoms with Crippen molar-refractivity contribution in [1.82, 2.24) is 25.5 Å². The number of tetrazole rings is 1. The highest BCUT2D eigenvalue weighted by Crippen LogP contribution is 2.41. The highest BCUT2D eigenvalue weighted by Gasteiger charge is 2.52. The normalized spacial score (nSPS) is 25.4. The number of nitrogens with one attached hydrogen (secondary N) is 1. The van der Waals surface area contributed by atoms with Crippen molar-refractivity contribution < 1.29 is 19.8 Å². The zero-order valence-corrected chi connectivity index (χ0v) is 11.5. The van der Waals surface area contributed by atoms with E-state index in [2.05, 4.69) is 20.6 Å². The summed E-state index contributed by atoms with van der Waals surface area (Å²) in [5.41, 5.74) is 0.574. The second-order valence-corrected chi connectivity index (χ2v) is 6.18. The number of carboxylic acids is 1. The monoisotopic (exact) mass is 315 g/mol. The van der Waals surface area contributed by atoms with Crippen LogP contribution in [0, 0.1) is 0 Å². The van der Waals surface area contributed by atoms with Gasteiger partial charge in [-0.3, -0.25) is 9.69 Å². The van der Waals surface area contributed by atoms with E-state index in [1.165, 1.54) is 23.5 Å². The van der Waals surface area contributed by atoms with Crippen molar-refractivity contribution in [2.75, 3.05) is 11.5 Å². The summed E-state index contributed by atoms with van der Waals surface area (Å²) < 4.78 is 0. The average Bonchev–Trinajstić information content (AvgIpc) is 2.96. The zero-order chi connectivity index (χ0) is 14.3. The third-order valence-electron chi connectivity index (χ3n) is 2.93. The number of amides is 1. The first-order chi connectivity index (χ1) is 9.59. The first-order valence-corrected chi connectivity index (χ1v) is 7.57. The summed E-state index contributed by atoms with van der Waals surface area (Å²) in [4.78, 5) is 24.1. The van der Waals surface area contributed by atoms with Crippen molar-refractivity contribution in [3.05, 3.63) is 11.3 Å². The Hall–Kier alpha value is -1.59. The Labute approximate surface area is 120 Å². The molecule has 0 spiro atoms. The van der Waals surface area contributed by atoms with Crippen LogP contribution < -0.4 is 0 Å². The number of thioether (sulfide) groups is 2. The lowest BCUT2D eigenvalue weighted by Gasteiger charge is -2.47. The SMILES string of the molecule is O=C(O)C1=C(CSc2nnn[nH]2)CS[C@H]2[C@H](O)C(=O)N12. The van der Waals surface area contributed by atoms with Crippen molar-refractivity contribution >= 4 is 35.4 Å². The minimum Gasteiger partial charge on any atom is -0.477 e. The maximum atomic E-state index is 11.6. The number of aliphatic carboxylic acids is 1. The lowest BCUT2D eigenvalue weighted by atomic mass is 10.1. The van der Waals surface area contributed by atoms with Gasteiger partial charge in [-0.1, -0.05) is 11.8 Å². The van der Waals surface area contributed by atoms with Crippen molar-refractivity contribution in [3.8, 4) is 0 Å². The van der Waals surface area contributed by atoms with Gasteiger partial charge in [-0.05, 0) is 16.0 Å². The van der Waals surface area contributed by atoms with Gasteiger partial charge in [0.15, 0.2) is 6.10 Å². The quantitative estimate of drug-likeness (QED) is 0.468. The fourth-order valence-corrected chi connectivity index (χ4v) is 4.15. The summed E-state index contributed by atoms with van der Waals surface area (Å²) in [6.45, 7) is 0. The molecule has 0 aromatic carbocycles. The number of H-pyrrole nitrogens is 1. The minimum atomic E-state index is -1.16. The standard InChI is InChI=1S/C9H9N5O4S2/c15-5-6(16)14-4(8(17)18)3(1-19-7(5)14)2-20-9-10-12-13-11-9/h5,7,15H,1-2H2,(H,17,18)(H,10,11,12,13)/t5-,7+/m1/s1. The van der Waals surface area contributed by atoms with Crippen LogP contribution in [0.2, 0.25) is 0 Å². The summed E-state index contributed by atoms with van der Waals surface area (Å²) >= 11 is 2.61. The highest BCUT2D eigenvalue weighted by atomic mass is 32.2. The van der Waals surface area contributed by atoms with E-state index in [0.29, 0.717) is 22.2 Å². The number of fused-ring (bicyclic) bond motifs is 1. The minimum absolute atomic E-state index is 0.0379. The fourth-order valence-electron chi connectivity index (χ4n) is 2.01. The molecular weight excluding hydrogens is 306 g/mol. The van der Waals surface area contributed by atoms with E-state index >= 15 is 0 Å². The molecule has 9 nitrogen and oxygen atoms in total. The number of rotatable bonds is 4. The lowest BCUT2D eigenvalue weighted by Crippen LogP contribution is -2.64. The molecule has 2 aliphatic rings. The predicted octanol–water partition coefficient (Wildman–Crippen LogP) is -1.09. The van der Waals surface area contributed by atoms with E-state index in [4.69, 9.17) is 0 Å². The van der Waals surface area contributed by atoms with Gasteiger partial charge in [0.2, 0.25) is 5.16 Å². The molecule has 2 aliphatic heterocycles. The van der Waals surface area contributed by atoms with Crippen LogP contribution in [0.15, 0.2) is 16.4 Å². The van der Waals surface area contributed by atoms with Gasteiger partial charge in [0.05, 0.1) is 0 Å². The first-order valence-electron chi connectivity index (χ1n) is 5.54. The topological polar surface area (TPSA) is 132 Å². The molecular formula is C9H9N5O4S2. The van der Waals surface area contributed by atoms with E-state index < -0.39 is 23.4 Å². The molecule has 3 heterocycles. The molecule has 106 valence electrons. The Morgan fingerprint density at radius 1 is 1.60 bits per heavy atom. The molecule has 3 rings (SSSR count). The maximum absolute atomic E-state index is 11.6. The van der Waals surface area contributed by atoms with E-state index in [-0.39, 0.29) is 5.70 Å². The van der Waals surface area contributed by atoms with Crippen molar-refractivity contribution in [2.24, 2.45) is 0 Å². The Bertz CT molecular complexity index is 589. The zero-order valence-electron chi connectivity index (χ0n) is 9.89. The van der Waals surface area contributed by atoms with Crippen LogP contribution in [0.1, 0.15) is 0 Å². The largest absolute Gasteiger partial charge is 0.477 e. The van der Waals surface area contributed by atoms with Gasteiger partial charge >= 0.3 is 5.97 Å². The molecule has 1 fully saturated rings. The first kappa shape index (κ1) is 13.4. The predicted molar refractivity (Wildman–Crippen MR) is 68.7 cm³/mol. The molecule has 3 N–H and O–H groups in total. The number of aromatic nitrogens is 4. The van der Waals surface area contributed by atoms with Crippen LogP contribution in [0.25, 0.3) is 0 Å². The van der Waals surface area contributed by atoms with E-state index in [0.717, 1.165) is 4.90 Å². The van der Waals surface area contributed by atoms with Gasteiger partial charge in [0.25, 0.3) is 5.91 Å². The number of aliphatic hydroxyl groups is 1. The molecule has 0 bridgehead atoms. The Balaban J connectivity index is 1.82. The third-order valence-corrected chi connectivity index (χ3v) is 5.20. The van der Waals surface area contributed by atoms with Crippen LogP contribution in [-0.2, 0) is 9.59 Å². The Morgan fingerprint density at radius 3 is 3.05 bits per heavy atom. The smallest absolute Gasteiger partial charge is 0.352 e. The average molecular weight is 315 g/mol. The molecule has 1 aromatic heterocycles. The highest BCUT2D eigenvalue weighted by molar-refractivity contribution is 8.01. The number of hydrogen-bond donors (Lipinski definition) is 3. The second kappa shape index (κ2) is 5.07. The third kappa shape index (κ3) is 2.07. The second-order valence-electron chi connectivity index (χ2n) is 4.11. The van der Waals surface area contributed by atoms with Crippen molar-refractivity contribution in [3.63, 3.8) is 0 Å². The Morgan fingerprint density at radius 2 is 2.40 bits per heavy atom. The molecule has 1 saturated heterocycles. The summed E-state index contributed by atoms with van der Waals surface area (Å²) in [6, 6.07) is 0. The molecule has 0 saturated carbocycles. The van der Waals surface area contributed by atoms with Gasteiger partial charge in [-0.2, -0.15) is 0 Å². The van der Waals surface area contributed by atoms with Gasteiger partial charge in [0.1, 0.15) is 11.1 Å². The number of aromatic amines is 1. The van der Waals surface area contributed by atoms with Crippen molar-refractivity contribution in [2.45, 2.75) is 16.6 Å². The molecule has 20 heavy (non-hydrogen) atoms. The summed E-state index contributed by atoms with van der Waals surface area (Å²) in [5, 5.41) is 31.9. The number of aliphatic hydroxyl groups excluding tert-OH is 1. The number of carboxylic acid groups (broad SMARTS) is 1. The fraction of sp³-hybridized carbons (Fsp3) is 0.444. The molecule has 1 amide bonds. The van der Waals surface area contributed by atoms with Gasteiger partial charge in [0, 0.05) is 11.5 Å². The number of carbonyl (C=O) groups excluding carboxylic acids is 1. The van der Waals surface area contributed by atoms with E-state index in [9.17, 15) is 19.8 Å². The molecule has 1 aromatic rings. The number of nitrogens with zero attached hydrogens (tertiary/aromatic N) is 4. The summed E-state index contributed by atoms with van der Waals surface area (Å²) in [7, 11) is 0. The Kier molecular flexibility index (Phi) is 3.40. The van der Waals surface area contributed by atoms with Crippen LogP contribution >= 0.6 is 23.5 Å². The molecule has 2 atom stereocenters. The van der Waals surface area contributed by atoms with Crippen LogP contribution in [0.4, 0.5) is 0 Å². The molecule has 11 heteroatoms. The molecule has 0 aliphatic carbocycles. The van der Waals surface area contributed by atoms with Gasteiger partial charge in [-0.25, -0.2) is 9.89 Å². The van der Waals surface area contributed by atoms with E-state index in [1.54, 1.807) is 0 Å². The summed E-state index contributed by atoms with van der Waals surface area (Å²) in [6.07, 6.45) is -1.11. The van der Waals surface area contributed by atoms with Crippen LogP contribution in [-0.4, -0.2) is 70.6 Å². The van der Waals surface area contributed by atoms with Crippen molar-refractivity contribution in [1.29, 1.82) is 0 Å². The number of hydrogen-bond acceptors (Lipinski definition) is 8. The van der Waals surface area contributed by atoms with Crippen LogP contribution in [0.5, 0.6) is 0 Å².